The summed E-state index contributed by atoms with van der Waals surface area (Å²) in [5, 5.41) is 13.9. The van der Waals surface area contributed by atoms with Crippen LogP contribution in [0.15, 0.2) is 6.33 Å². The zero-order valence-corrected chi connectivity index (χ0v) is 13.0. The third kappa shape index (κ3) is 2.59. The van der Waals surface area contributed by atoms with Gasteiger partial charge < -0.3 is 15.3 Å². The SMILES string of the molecule is O[C@@H]1CN(c2ncnc3c2CCNCC3)C[C@H]1N1CCCC1. The molecule has 0 radical (unpaired) electrons. The third-order valence-corrected chi connectivity index (χ3v) is 5.27. The van der Waals surface area contributed by atoms with Gasteiger partial charge in [0.05, 0.1) is 17.8 Å². The lowest BCUT2D eigenvalue weighted by Crippen LogP contribution is -2.41. The van der Waals surface area contributed by atoms with Crippen molar-refractivity contribution in [3.63, 3.8) is 0 Å². The van der Waals surface area contributed by atoms with Crippen LogP contribution in [-0.4, -0.2) is 71.4 Å². The molecule has 2 atom stereocenters. The summed E-state index contributed by atoms with van der Waals surface area (Å²) in [4.78, 5) is 13.8. The van der Waals surface area contributed by atoms with E-state index < -0.39 is 0 Å². The summed E-state index contributed by atoms with van der Waals surface area (Å²) in [5.74, 6) is 1.05. The van der Waals surface area contributed by atoms with Gasteiger partial charge in [0.2, 0.25) is 0 Å². The Balaban J connectivity index is 1.57. The van der Waals surface area contributed by atoms with Crippen molar-refractivity contribution < 1.29 is 5.11 Å². The highest BCUT2D eigenvalue weighted by atomic mass is 16.3. The predicted molar refractivity (Wildman–Crippen MR) is 85.1 cm³/mol. The van der Waals surface area contributed by atoms with Crippen molar-refractivity contribution in [3.05, 3.63) is 17.6 Å². The fraction of sp³-hybridized carbons (Fsp3) is 0.750. The van der Waals surface area contributed by atoms with Crippen molar-refractivity contribution in [1.82, 2.24) is 20.2 Å². The number of hydrogen-bond donors (Lipinski definition) is 2. The standard InChI is InChI=1S/C16H25N5O/c22-15-10-21(9-14(15)20-7-1-2-8-20)16-12-3-5-17-6-4-13(12)18-11-19-16/h11,14-15,17,22H,1-10H2/t14-,15-/m1/s1. The maximum Gasteiger partial charge on any atom is 0.135 e. The molecule has 0 unspecified atom stereocenters. The van der Waals surface area contributed by atoms with Crippen LogP contribution in [0, 0.1) is 0 Å². The van der Waals surface area contributed by atoms with Crippen LogP contribution in [-0.2, 0) is 12.8 Å². The lowest BCUT2D eigenvalue weighted by Gasteiger charge is -2.26. The summed E-state index contributed by atoms with van der Waals surface area (Å²) in [5.41, 5.74) is 2.45. The summed E-state index contributed by atoms with van der Waals surface area (Å²) in [6.45, 7) is 5.81. The monoisotopic (exact) mass is 303 g/mol. The molecule has 0 aromatic carbocycles. The molecule has 1 aromatic heterocycles. The molecular formula is C16H25N5O. The molecule has 2 fully saturated rings. The Kier molecular flexibility index (Phi) is 3.98. The molecular weight excluding hydrogens is 278 g/mol. The molecule has 0 bridgehead atoms. The first kappa shape index (κ1) is 14.4. The van der Waals surface area contributed by atoms with Crippen LogP contribution >= 0.6 is 0 Å². The van der Waals surface area contributed by atoms with Crippen LogP contribution in [0.3, 0.4) is 0 Å². The number of fused-ring (bicyclic) bond motifs is 1. The first-order valence-corrected chi connectivity index (χ1v) is 8.53. The van der Waals surface area contributed by atoms with Crippen LogP contribution in [0.1, 0.15) is 24.1 Å². The van der Waals surface area contributed by atoms with Gasteiger partial charge in [-0.2, -0.15) is 0 Å². The van der Waals surface area contributed by atoms with E-state index in [9.17, 15) is 5.11 Å². The second kappa shape index (κ2) is 6.10. The maximum absolute atomic E-state index is 10.5. The van der Waals surface area contributed by atoms with E-state index >= 15 is 0 Å². The summed E-state index contributed by atoms with van der Waals surface area (Å²) >= 11 is 0. The van der Waals surface area contributed by atoms with Crippen LogP contribution in [0.5, 0.6) is 0 Å². The molecule has 1 aromatic rings. The second-order valence-electron chi connectivity index (χ2n) is 6.66. The van der Waals surface area contributed by atoms with E-state index in [-0.39, 0.29) is 12.1 Å². The smallest absolute Gasteiger partial charge is 0.135 e. The Hall–Kier alpha value is -1.24. The van der Waals surface area contributed by atoms with Crippen LogP contribution in [0.4, 0.5) is 5.82 Å². The number of aromatic nitrogens is 2. The molecule has 6 heteroatoms. The van der Waals surface area contributed by atoms with Crippen molar-refractivity contribution in [1.29, 1.82) is 0 Å². The van der Waals surface area contributed by atoms with Crippen LogP contribution < -0.4 is 10.2 Å². The summed E-state index contributed by atoms with van der Waals surface area (Å²) in [6, 6.07) is 0.261. The highest BCUT2D eigenvalue weighted by Gasteiger charge is 2.38. The number of likely N-dealkylation sites (tertiary alicyclic amines) is 1. The molecule has 0 spiro atoms. The van der Waals surface area contributed by atoms with E-state index in [0.29, 0.717) is 6.54 Å². The number of β-amino-alcohol motifs (C(OH)–C–C–N with tert-alkyl or cyclic N) is 1. The number of hydrogen-bond acceptors (Lipinski definition) is 6. The molecule has 0 aliphatic carbocycles. The average molecular weight is 303 g/mol. The summed E-state index contributed by atoms with van der Waals surface area (Å²) < 4.78 is 0. The van der Waals surface area contributed by atoms with E-state index in [0.717, 1.165) is 51.4 Å². The molecule has 2 saturated heterocycles. The first-order valence-electron chi connectivity index (χ1n) is 8.53. The van der Waals surface area contributed by atoms with Crippen LogP contribution in [0.25, 0.3) is 0 Å². The Morgan fingerprint density at radius 2 is 1.91 bits per heavy atom. The van der Waals surface area contributed by atoms with Gasteiger partial charge in [0.25, 0.3) is 0 Å². The Labute approximate surface area is 131 Å². The van der Waals surface area contributed by atoms with Gasteiger partial charge in [-0.25, -0.2) is 9.97 Å². The minimum absolute atomic E-state index is 0.261. The molecule has 0 saturated carbocycles. The van der Waals surface area contributed by atoms with E-state index in [1.54, 1.807) is 6.33 Å². The normalized spacial score (nSPS) is 29.6. The van der Waals surface area contributed by atoms with Crippen molar-refractivity contribution in [2.24, 2.45) is 0 Å². The molecule has 3 aliphatic heterocycles. The minimum Gasteiger partial charge on any atom is -0.390 e. The minimum atomic E-state index is -0.271. The molecule has 120 valence electrons. The van der Waals surface area contributed by atoms with Gasteiger partial charge in [-0.15, -0.1) is 0 Å². The fourth-order valence-corrected chi connectivity index (χ4v) is 4.10. The van der Waals surface area contributed by atoms with Gasteiger partial charge in [-0.3, -0.25) is 4.90 Å². The second-order valence-corrected chi connectivity index (χ2v) is 6.66. The van der Waals surface area contributed by atoms with E-state index in [1.165, 1.54) is 24.1 Å². The van der Waals surface area contributed by atoms with Crippen LogP contribution in [0.2, 0.25) is 0 Å². The summed E-state index contributed by atoms with van der Waals surface area (Å²) in [6.07, 6.45) is 5.89. The van der Waals surface area contributed by atoms with Gasteiger partial charge in [0, 0.05) is 31.6 Å². The highest BCUT2D eigenvalue weighted by Crippen LogP contribution is 2.28. The average Bonchev–Trinajstić information content (AvgIpc) is 3.10. The largest absolute Gasteiger partial charge is 0.390 e. The molecule has 4 heterocycles. The van der Waals surface area contributed by atoms with Gasteiger partial charge in [0.1, 0.15) is 12.1 Å². The molecule has 2 N–H and O–H groups in total. The maximum atomic E-state index is 10.5. The number of anilines is 1. The summed E-state index contributed by atoms with van der Waals surface area (Å²) in [7, 11) is 0. The molecule has 22 heavy (non-hydrogen) atoms. The molecule has 6 nitrogen and oxygen atoms in total. The zero-order chi connectivity index (χ0) is 14.9. The Morgan fingerprint density at radius 1 is 1.09 bits per heavy atom. The van der Waals surface area contributed by atoms with Gasteiger partial charge in [0.15, 0.2) is 0 Å². The predicted octanol–water partition coefficient (Wildman–Crippen LogP) is -0.190. The first-order chi connectivity index (χ1) is 10.8. The van der Waals surface area contributed by atoms with Gasteiger partial charge in [-0.05, 0) is 38.9 Å². The van der Waals surface area contributed by atoms with Crippen molar-refractivity contribution >= 4 is 5.82 Å². The number of nitrogens with one attached hydrogen (secondary N) is 1. The number of aliphatic hydroxyl groups excluding tert-OH is 1. The molecule has 3 aliphatic rings. The van der Waals surface area contributed by atoms with Crippen molar-refractivity contribution in [2.75, 3.05) is 44.2 Å². The number of rotatable bonds is 2. The zero-order valence-electron chi connectivity index (χ0n) is 13.0. The topological polar surface area (TPSA) is 64.5 Å². The van der Waals surface area contributed by atoms with Crippen molar-refractivity contribution in [2.45, 2.75) is 37.8 Å². The Bertz CT molecular complexity index is 531. The number of aliphatic hydroxyl groups is 1. The Morgan fingerprint density at radius 3 is 2.77 bits per heavy atom. The highest BCUT2D eigenvalue weighted by molar-refractivity contribution is 5.51. The van der Waals surface area contributed by atoms with Gasteiger partial charge in [-0.1, -0.05) is 0 Å². The van der Waals surface area contributed by atoms with E-state index in [1.807, 2.05) is 0 Å². The number of nitrogens with zero attached hydrogens (tertiary/aromatic N) is 4. The quantitative estimate of drug-likeness (QED) is 0.790. The van der Waals surface area contributed by atoms with Crippen molar-refractivity contribution in [3.8, 4) is 0 Å². The lowest BCUT2D eigenvalue weighted by atomic mass is 10.1. The van der Waals surface area contributed by atoms with Gasteiger partial charge >= 0.3 is 0 Å². The lowest BCUT2D eigenvalue weighted by molar-refractivity contribution is 0.0986. The fourth-order valence-electron chi connectivity index (χ4n) is 4.10. The van der Waals surface area contributed by atoms with E-state index in [4.69, 9.17) is 0 Å². The third-order valence-electron chi connectivity index (χ3n) is 5.27. The molecule has 0 amide bonds. The van der Waals surface area contributed by atoms with E-state index in [2.05, 4.69) is 25.1 Å². The molecule has 4 rings (SSSR count).